The molecule has 18 heavy (non-hydrogen) atoms. The van der Waals surface area contributed by atoms with Crippen LogP contribution in [0.2, 0.25) is 0 Å². The zero-order valence-corrected chi connectivity index (χ0v) is 10.6. The van der Waals surface area contributed by atoms with Crippen LogP contribution < -0.4 is 0 Å². The molecule has 0 heterocycles. The van der Waals surface area contributed by atoms with Gasteiger partial charge in [0, 0.05) is 12.1 Å². The standard InChI is InChI=1S/C11H13NO5S/c1-2-18(15,16)17-11(7-8-11)9-3-5-10(6-4-9)12(13)14/h3-6H,2,7-8H2,1H3. The van der Waals surface area contributed by atoms with Crippen molar-refractivity contribution >= 4 is 15.8 Å². The first-order chi connectivity index (χ1) is 8.38. The van der Waals surface area contributed by atoms with Crippen LogP contribution in [0.5, 0.6) is 0 Å². The predicted octanol–water partition coefficient (Wildman–Crippen LogP) is 1.95. The summed E-state index contributed by atoms with van der Waals surface area (Å²) < 4.78 is 28.1. The van der Waals surface area contributed by atoms with Crippen molar-refractivity contribution < 1.29 is 17.5 Å². The van der Waals surface area contributed by atoms with Gasteiger partial charge in [0.1, 0.15) is 5.60 Å². The molecule has 0 radical (unpaired) electrons. The molecule has 0 atom stereocenters. The van der Waals surface area contributed by atoms with Crippen LogP contribution in [0.15, 0.2) is 24.3 Å². The zero-order chi connectivity index (χ0) is 13.4. The third-order valence-corrected chi connectivity index (χ3v) is 4.23. The Morgan fingerprint density at radius 1 is 1.33 bits per heavy atom. The van der Waals surface area contributed by atoms with Gasteiger partial charge in [-0.05, 0) is 37.5 Å². The normalized spacial score (nSPS) is 17.4. The number of hydrogen-bond donors (Lipinski definition) is 0. The second kappa shape index (κ2) is 4.33. The van der Waals surface area contributed by atoms with E-state index < -0.39 is 20.6 Å². The Kier molecular flexibility index (Phi) is 3.12. The minimum absolute atomic E-state index is 0.0205. The van der Waals surface area contributed by atoms with Gasteiger partial charge in [0.15, 0.2) is 0 Å². The number of rotatable bonds is 5. The van der Waals surface area contributed by atoms with Crippen LogP contribution in [0.4, 0.5) is 5.69 Å². The topological polar surface area (TPSA) is 86.5 Å². The van der Waals surface area contributed by atoms with E-state index in [-0.39, 0.29) is 11.4 Å². The monoisotopic (exact) mass is 271 g/mol. The average Bonchev–Trinajstić information content (AvgIpc) is 3.09. The minimum Gasteiger partial charge on any atom is -0.259 e. The maximum atomic E-state index is 11.5. The molecule has 0 bridgehead atoms. The van der Waals surface area contributed by atoms with Gasteiger partial charge in [0.2, 0.25) is 0 Å². The molecule has 7 heteroatoms. The van der Waals surface area contributed by atoms with Crippen LogP contribution in [0.3, 0.4) is 0 Å². The van der Waals surface area contributed by atoms with E-state index in [1.54, 1.807) is 12.1 Å². The van der Waals surface area contributed by atoms with Crippen molar-refractivity contribution in [2.24, 2.45) is 0 Å². The molecular weight excluding hydrogens is 258 g/mol. The third kappa shape index (κ3) is 2.51. The lowest BCUT2D eigenvalue weighted by Crippen LogP contribution is -2.19. The van der Waals surface area contributed by atoms with E-state index >= 15 is 0 Å². The van der Waals surface area contributed by atoms with Gasteiger partial charge < -0.3 is 0 Å². The number of nitrogens with zero attached hydrogens (tertiary/aromatic N) is 1. The van der Waals surface area contributed by atoms with Crippen LogP contribution in [-0.4, -0.2) is 19.1 Å². The van der Waals surface area contributed by atoms with Crippen LogP contribution in [-0.2, 0) is 19.9 Å². The summed E-state index contributed by atoms with van der Waals surface area (Å²) in [5.41, 5.74) is -0.151. The van der Waals surface area contributed by atoms with Gasteiger partial charge in [-0.1, -0.05) is 0 Å². The van der Waals surface area contributed by atoms with Gasteiger partial charge in [-0.25, -0.2) is 0 Å². The lowest BCUT2D eigenvalue weighted by Gasteiger charge is -2.15. The zero-order valence-electron chi connectivity index (χ0n) is 9.83. The SMILES string of the molecule is CCS(=O)(=O)OC1(c2ccc([N+](=O)[O-])cc2)CC1. The molecule has 0 unspecified atom stereocenters. The Labute approximate surface area is 105 Å². The third-order valence-electron chi connectivity index (χ3n) is 2.95. The molecule has 0 N–H and O–H groups in total. The summed E-state index contributed by atoms with van der Waals surface area (Å²) in [6.45, 7) is 1.52. The summed E-state index contributed by atoms with van der Waals surface area (Å²) in [4.78, 5) is 10.0. The Hall–Kier alpha value is -1.47. The summed E-state index contributed by atoms with van der Waals surface area (Å²) in [5.74, 6) is -0.0816. The van der Waals surface area contributed by atoms with E-state index in [1.165, 1.54) is 19.1 Å². The van der Waals surface area contributed by atoms with E-state index in [1.807, 2.05) is 0 Å². The molecule has 1 aromatic rings. The summed E-state index contributed by atoms with van der Waals surface area (Å²) in [7, 11) is -3.52. The van der Waals surface area contributed by atoms with Gasteiger partial charge in [0.25, 0.3) is 15.8 Å². The van der Waals surface area contributed by atoms with Crippen molar-refractivity contribution in [2.45, 2.75) is 25.4 Å². The molecule has 1 saturated carbocycles. The molecule has 0 aromatic heterocycles. The highest BCUT2D eigenvalue weighted by molar-refractivity contribution is 7.86. The first kappa shape index (κ1) is 13.0. The average molecular weight is 271 g/mol. The molecule has 2 rings (SSSR count). The molecule has 98 valence electrons. The highest BCUT2D eigenvalue weighted by Gasteiger charge is 2.49. The Bertz CT molecular complexity index is 560. The minimum atomic E-state index is -3.52. The fourth-order valence-corrected chi connectivity index (χ4v) is 2.59. The largest absolute Gasteiger partial charge is 0.269 e. The van der Waals surface area contributed by atoms with E-state index in [4.69, 9.17) is 4.18 Å². The van der Waals surface area contributed by atoms with Crippen molar-refractivity contribution in [3.05, 3.63) is 39.9 Å². The van der Waals surface area contributed by atoms with Crippen molar-refractivity contribution in [3.63, 3.8) is 0 Å². The number of non-ortho nitro benzene ring substituents is 1. The summed E-state index contributed by atoms with van der Waals surface area (Å²) >= 11 is 0. The van der Waals surface area contributed by atoms with Gasteiger partial charge in [-0.2, -0.15) is 8.42 Å². The highest BCUT2D eigenvalue weighted by Crippen LogP contribution is 2.50. The number of hydrogen-bond acceptors (Lipinski definition) is 5. The maximum Gasteiger partial charge on any atom is 0.269 e. The summed E-state index contributed by atoms with van der Waals surface area (Å²) in [5, 5.41) is 10.5. The first-order valence-corrected chi connectivity index (χ1v) is 7.14. The van der Waals surface area contributed by atoms with Gasteiger partial charge >= 0.3 is 0 Å². The fraction of sp³-hybridized carbons (Fsp3) is 0.455. The lowest BCUT2D eigenvalue weighted by molar-refractivity contribution is -0.384. The van der Waals surface area contributed by atoms with Crippen molar-refractivity contribution in [2.75, 3.05) is 5.75 Å². The molecule has 1 fully saturated rings. The molecule has 1 aliphatic carbocycles. The molecule has 0 amide bonds. The van der Waals surface area contributed by atoms with Gasteiger partial charge in [0.05, 0.1) is 10.7 Å². The van der Waals surface area contributed by atoms with Gasteiger partial charge in [-0.15, -0.1) is 0 Å². The first-order valence-electron chi connectivity index (χ1n) is 5.57. The molecule has 0 aliphatic heterocycles. The van der Waals surface area contributed by atoms with Crippen LogP contribution in [0.1, 0.15) is 25.3 Å². The quantitative estimate of drug-likeness (QED) is 0.464. The second-order valence-corrected chi connectivity index (χ2v) is 6.09. The Morgan fingerprint density at radius 3 is 2.28 bits per heavy atom. The molecule has 0 saturated heterocycles. The number of nitro benzene ring substituents is 1. The molecule has 0 spiro atoms. The van der Waals surface area contributed by atoms with E-state index in [0.29, 0.717) is 18.4 Å². The van der Waals surface area contributed by atoms with Crippen LogP contribution >= 0.6 is 0 Å². The van der Waals surface area contributed by atoms with Crippen LogP contribution in [0.25, 0.3) is 0 Å². The highest BCUT2D eigenvalue weighted by atomic mass is 32.2. The molecule has 6 nitrogen and oxygen atoms in total. The van der Waals surface area contributed by atoms with Gasteiger partial charge in [-0.3, -0.25) is 14.3 Å². The van der Waals surface area contributed by atoms with E-state index in [0.717, 1.165) is 0 Å². The molecular formula is C11H13NO5S. The lowest BCUT2D eigenvalue weighted by atomic mass is 10.1. The second-order valence-electron chi connectivity index (χ2n) is 4.23. The number of nitro groups is 1. The van der Waals surface area contributed by atoms with E-state index in [2.05, 4.69) is 0 Å². The summed E-state index contributed by atoms with van der Waals surface area (Å²) in [6, 6.07) is 5.82. The molecule has 1 aliphatic rings. The fourth-order valence-electron chi connectivity index (χ4n) is 1.72. The predicted molar refractivity (Wildman–Crippen MR) is 64.6 cm³/mol. The Morgan fingerprint density at radius 2 is 1.89 bits per heavy atom. The molecule has 1 aromatic carbocycles. The summed E-state index contributed by atoms with van der Waals surface area (Å²) in [6.07, 6.45) is 1.23. The van der Waals surface area contributed by atoms with E-state index in [9.17, 15) is 18.5 Å². The smallest absolute Gasteiger partial charge is 0.259 e. The van der Waals surface area contributed by atoms with Crippen molar-refractivity contribution in [1.82, 2.24) is 0 Å². The van der Waals surface area contributed by atoms with Crippen molar-refractivity contribution in [3.8, 4) is 0 Å². The number of benzene rings is 1. The Balaban J connectivity index is 2.24. The van der Waals surface area contributed by atoms with Crippen molar-refractivity contribution in [1.29, 1.82) is 0 Å². The van der Waals surface area contributed by atoms with Crippen LogP contribution in [0, 0.1) is 10.1 Å². The maximum absolute atomic E-state index is 11.5.